The summed E-state index contributed by atoms with van der Waals surface area (Å²) in [5.41, 5.74) is 1.62. The van der Waals surface area contributed by atoms with Gasteiger partial charge in [0.05, 0.1) is 24.6 Å². The summed E-state index contributed by atoms with van der Waals surface area (Å²) in [4.78, 5) is 4.66. The number of amidine groups is 1. The highest BCUT2D eigenvalue weighted by Crippen LogP contribution is 2.26. The second-order valence-electron chi connectivity index (χ2n) is 5.92. The smallest absolute Gasteiger partial charge is 0.265 e. The van der Waals surface area contributed by atoms with Crippen molar-refractivity contribution in [1.29, 1.82) is 0 Å². The van der Waals surface area contributed by atoms with E-state index in [0.29, 0.717) is 25.5 Å². The summed E-state index contributed by atoms with van der Waals surface area (Å²) in [6.45, 7) is 5.34. The van der Waals surface area contributed by atoms with Crippen molar-refractivity contribution in [2.45, 2.75) is 25.2 Å². The molecular weight excluding hydrogens is 336 g/mol. The molecule has 0 aromatic heterocycles. The van der Waals surface area contributed by atoms with Crippen molar-refractivity contribution in [3.63, 3.8) is 0 Å². The number of nitrogens with zero attached hydrogens (tertiary/aromatic N) is 2. The Balaban J connectivity index is 1.91. The highest BCUT2D eigenvalue weighted by molar-refractivity contribution is 7.89. The molecule has 1 aliphatic rings. The van der Waals surface area contributed by atoms with Crippen LogP contribution in [0, 0.1) is 6.92 Å². The topological polar surface area (TPSA) is 59.0 Å². The zero-order chi connectivity index (χ0) is 17.9. The van der Waals surface area contributed by atoms with E-state index in [9.17, 15) is 8.42 Å². The Labute approximate surface area is 149 Å². The average molecular weight is 358 g/mol. The van der Waals surface area contributed by atoms with E-state index in [4.69, 9.17) is 4.74 Å². The molecule has 0 saturated carbocycles. The van der Waals surface area contributed by atoms with Gasteiger partial charge in [0.25, 0.3) is 10.0 Å². The Kier molecular flexibility index (Phi) is 5.08. The predicted octanol–water partition coefficient (Wildman–Crippen LogP) is 3.23. The predicted molar refractivity (Wildman–Crippen MR) is 98.7 cm³/mol. The Morgan fingerprint density at radius 1 is 1.16 bits per heavy atom. The maximum absolute atomic E-state index is 13.1. The van der Waals surface area contributed by atoms with Gasteiger partial charge in [0, 0.05) is 5.56 Å². The molecule has 0 aliphatic carbocycles. The fourth-order valence-electron chi connectivity index (χ4n) is 2.77. The minimum absolute atomic E-state index is 0.263. The summed E-state index contributed by atoms with van der Waals surface area (Å²) >= 11 is 0. The first-order valence-corrected chi connectivity index (χ1v) is 9.84. The maximum atomic E-state index is 13.1. The zero-order valence-corrected chi connectivity index (χ0v) is 15.3. The Morgan fingerprint density at radius 3 is 2.60 bits per heavy atom. The fourth-order valence-corrected chi connectivity index (χ4v) is 4.30. The van der Waals surface area contributed by atoms with E-state index >= 15 is 0 Å². The quantitative estimate of drug-likeness (QED) is 0.796. The molecule has 0 N–H and O–H groups in total. The molecule has 0 unspecified atom stereocenters. The summed E-state index contributed by atoms with van der Waals surface area (Å²) in [6, 6.07) is 14.4. The molecule has 0 fully saturated rings. The van der Waals surface area contributed by atoms with Crippen molar-refractivity contribution in [3.8, 4) is 5.75 Å². The van der Waals surface area contributed by atoms with E-state index in [1.165, 1.54) is 4.31 Å². The molecule has 1 heterocycles. The van der Waals surface area contributed by atoms with Crippen LogP contribution in [0.5, 0.6) is 5.75 Å². The molecule has 5 nitrogen and oxygen atoms in total. The van der Waals surface area contributed by atoms with Gasteiger partial charge in [0.15, 0.2) is 0 Å². The lowest BCUT2D eigenvalue weighted by Crippen LogP contribution is -2.34. The standard InChI is InChI=1S/C19H22N2O3S/c1-3-13-24-18-10-9-17(14-15(18)2)25(22,23)21-12-11-20-19(21)16-7-5-4-6-8-16/h4-10,14H,3,11-13H2,1-2H3. The summed E-state index contributed by atoms with van der Waals surface area (Å²) in [5.74, 6) is 1.23. The number of aryl methyl sites for hydroxylation is 1. The van der Waals surface area contributed by atoms with Crippen molar-refractivity contribution in [2.24, 2.45) is 4.99 Å². The van der Waals surface area contributed by atoms with Gasteiger partial charge in [-0.05, 0) is 37.1 Å². The molecule has 25 heavy (non-hydrogen) atoms. The first-order chi connectivity index (χ1) is 12.0. The van der Waals surface area contributed by atoms with Crippen molar-refractivity contribution in [2.75, 3.05) is 19.7 Å². The monoisotopic (exact) mass is 358 g/mol. The zero-order valence-electron chi connectivity index (χ0n) is 14.5. The van der Waals surface area contributed by atoms with Crippen molar-refractivity contribution in [3.05, 3.63) is 59.7 Å². The molecule has 1 aliphatic heterocycles. The molecule has 3 rings (SSSR count). The van der Waals surface area contributed by atoms with Gasteiger partial charge < -0.3 is 4.74 Å². The fraction of sp³-hybridized carbons (Fsp3) is 0.316. The van der Waals surface area contributed by atoms with Gasteiger partial charge in [-0.1, -0.05) is 37.3 Å². The number of ether oxygens (including phenoxy) is 1. The number of sulfonamides is 1. The first-order valence-electron chi connectivity index (χ1n) is 8.40. The van der Waals surface area contributed by atoms with Crippen molar-refractivity contribution < 1.29 is 13.2 Å². The largest absolute Gasteiger partial charge is 0.493 e. The van der Waals surface area contributed by atoms with E-state index in [-0.39, 0.29) is 4.90 Å². The van der Waals surface area contributed by atoms with Crippen LogP contribution in [0.25, 0.3) is 0 Å². The van der Waals surface area contributed by atoms with Crippen molar-refractivity contribution in [1.82, 2.24) is 4.31 Å². The van der Waals surface area contributed by atoms with Crippen LogP contribution in [0.4, 0.5) is 0 Å². The minimum Gasteiger partial charge on any atom is -0.493 e. The average Bonchev–Trinajstić information content (AvgIpc) is 3.12. The van der Waals surface area contributed by atoms with E-state index in [1.807, 2.05) is 44.2 Å². The van der Waals surface area contributed by atoms with Crippen LogP contribution < -0.4 is 4.74 Å². The maximum Gasteiger partial charge on any atom is 0.265 e. The molecule has 0 atom stereocenters. The molecule has 2 aromatic carbocycles. The third-order valence-electron chi connectivity index (χ3n) is 4.03. The van der Waals surface area contributed by atoms with E-state index < -0.39 is 10.0 Å². The molecule has 0 saturated heterocycles. The lowest BCUT2D eigenvalue weighted by atomic mass is 10.2. The van der Waals surface area contributed by atoms with Crippen LogP contribution in [0.3, 0.4) is 0 Å². The van der Waals surface area contributed by atoms with Gasteiger partial charge in [-0.25, -0.2) is 12.7 Å². The molecule has 6 heteroatoms. The SMILES string of the molecule is CCCOc1ccc(S(=O)(=O)N2CCN=C2c2ccccc2)cc1C. The lowest BCUT2D eigenvalue weighted by Gasteiger charge is -2.21. The van der Waals surface area contributed by atoms with E-state index in [2.05, 4.69) is 4.99 Å². The molecule has 0 bridgehead atoms. The normalized spacial score (nSPS) is 14.5. The number of rotatable bonds is 6. The third-order valence-corrected chi connectivity index (χ3v) is 5.81. The summed E-state index contributed by atoms with van der Waals surface area (Å²) in [6.07, 6.45) is 0.907. The Bertz CT molecular complexity index is 877. The molecule has 132 valence electrons. The van der Waals surface area contributed by atoms with Crippen LogP contribution in [-0.2, 0) is 10.0 Å². The van der Waals surface area contributed by atoms with Gasteiger partial charge in [0.2, 0.25) is 0 Å². The molecular formula is C19H22N2O3S. The molecule has 0 amide bonds. The number of aliphatic imine (C=N–C) groups is 1. The summed E-state index contributed by atoms with van der Waals surface area (Å²) < 4.78 is 33.2. The minimum atomic E-state index is -3.65. The van der Waals surface area contributed by atoms with Gasteiger partial charge >= 0.3 is 0 Å². The summed E-state index contributed by atoms with van der Waals surface area (Å²) in [5, 5.41) is 0. The Morgan fingerprint density at radius 2 is 1.92 bits per heavy atom. The Hall–Kier alpha value is -2.34. The molecule has 2 aromatic rings. The van der Waals surface area contributed by atoms with Crippen LogP contribution >= 0.6 is 0 Å². The van der Waals surface area contributed by atoms with Crippen LogP contribution in [0.15, 0.2) is 58.4 Å². The second kappa shape index (κ2) is 7.27. The van der Waals surface area contributed by atoms with Gasteiger partial charge in [-0.3, -0.25) is 4.99 Å². The number of hydrogen-bond donors (Lipinski definition) is 0. The van der Waals surface area contributed by atoms with Crippen LogP contribution in [-0.4, -0.2) is 38.3 Å². The van der Waals surface area contributed by atoms with E-state index in [1.54, 1.807) is 18.2 Å². The molecule has 0 radical (unpaired) electrons. The number of hydrogen-bond acceptors (Lipinski definition) is 4. The van der Waals surface area contributed by atoms with Crippen LogP contribution in [0.2, 0.25) is 0 Å². The lowest BCUT2D eigenvalue weighted by molar-refractivity contribution is 0.315. The van der Waals surface area contributed by atoms with Gasteiger partial charge in [-0.2, -0.15) is 0 Å². The molecule has 0 spiro atoms. The third kappa shape index (κ3) is 3.54. The van der Waals surface area contributed by atoms with Crippen LogP contribution in [0.1, 0.15) is 24.5 Å². The highest BCUT2D eigenvalue weighted by Gasteiger charge is 2.31. The summed E-state index contributed by atoms with van der Waals surface area (Å²) in [7, 11) is -3.65. The van der Waals surface area contributed by atoms with Gasteiger partial charge in [-0.15, -0.1) is 0 Å². The first kappa shape index (κ1) is 17.5. The van der Waals surface area contributed by atoms with E-state index in [0.717, 1.165) is 23.3 Å². The van der Waals surface area contributed by atoms with Crippen molar-refractivity contribution >= 4 is 15.9 Å². The highest BCUT2D eigenvalue weighted by atomic mass is 32.2. The van der Waals surface area contributed by atoms with Gasteiger partial charge in [0.1, 0.15) is 11.6 Å². The second-order valence-corrected chi connectivity index (χ2v) is 7.79. The number of benzene rings is 2.